The molecule has 22 heavy (non-hydrogen) atoms. The number of morpholine rings is 1. The number of amides is 1. The second-order valence-corrected chi connectivity index (χ2v) is 6.25. The Kier molecular flexibility index (Phi) is 4.81. The van der Waals surface area contributed by atoms with Gasteiger partial charge in [0, 0.05) is 44.6 Å². The number of hydrogen-bond donors (Lipinski definition) is 2. The number of aliphatic hydroxyl groups is 1. The third kappa shape index (κ3) is 3.34. The number of ether oxygens (including phenoxy) is 1. The van der Waals surface area contributed by atoms with Crippen molar-refractivity contribution < 1.29 is 14.6 Å². The van der Waals surface area contributed by atoms with Crippen LogP contribution >= 0.6 is 0 Å². The molecule has 1 amide bonds. The first-order valence-electron chi connectivity index (χ1n) is 8.09. The van der Waals surface area contributed by atoms with Crippen molar-refractivity contribution >= 4 is 5.91 Å². The van der Waals surface area contributed by atoms with Crippen LogP contribution in [0.2, 0.25) is 0 Å². The molecular weight excluding hydrogens is 282 g/mol. The first kappa shape index (κ1) is 15.5. The number of hydrogen-bond acceptors (Lipinski definition) is 4. The number of fused-ring (bicyclic) bond motifs is 1. The summed E-state index contributed by atoms with van der Waals surface area (Å²) in [5, 5.41) is 10.3. The molecule has 1 aromatic rings. The average Bonchev–Trinajstić information content (AvgIpc) is 2.79. The van der Waals surface area contributed by atoms with Crippen LogP contribution in [0, 0.1) is 6.92 Å². The summed E-state index contributed by atoms with van der Waals surface area (Å²) in [4.78, 5) is 19.9. The van der Waals surface area contributed by atoms with Gasteiger partial charge in [-0.3, -0.25) is 9.69 Å². The van der Waals surface area contributed by atoms with Gasteiger partial charge in [0.25, 0.3) is 5.91 Å². The van der Waals surface area contributed by atoms with Gasteiger partial charge in [-0.15, -0.1) is 0 Å². The van der Waals surface area contributed by atoms with E-state index in [0.717, 1.165) is 56.0 Å². The lowest BCUT2D eigenvalue weighted by atomic mass is 10.1. The fraction of sp³-hybridized carbons (Fsp3) is 0.688. The molecular formula is C16H25N3O3. The zero-order valence-corrected chi connectivity index (χ0v) is 13.2. The average molecular weight is 307 g/mol. The van der Waals surface area contributed by atoms with Gasteiger partial charge < -0.3 is 19.7 Å². The first-order chi connectivity index (χ1) is 10.6. The molecule has 1 saturated heterocycles. The molecule has 1 atom stereocenters. The van der Waals surface area contributed by atoms with Crippen LogP contribution < -0.4 is 0 Å². The lowest BCUT2D eigenvalue weighted by Crippen LogP contribution is -2.46. The molecule has 1 fully saturated rings. The van der Waals surface area contributed by atoms with Crippen molar-refractivity contribution in [3.63, 3.8) is 0 Å². The quantitative estimate of drug-likeness (QED) is 0.845. The number of aromatic nitrogens is 1. The summed E-state index contributed by atoms with van der Waals surface area (Å²) in [7, 11) is 0. The highest BCUT2D eigenvalue weighted by Crippen LogP contribution is 2.21. The molecule has 0 aromatic carbocycles. The van der Waals surface area contributed by atoms with Crippen molar-refractivity contribution in [1.29, 1.82) is 0 Å². The lowest BCUT2D eigenvalue weighted by Gasteiger charge is -2.31. The highest BCUT2D eigenvalue weighted by atomic mass is 16.5. The van der Waals surface area contributed by atoms with Gasteiger partial charge in [-0.05, 0) is 25.3 Å². The molecule has 6 heteroatoms. The van der Waals surface area contributed by atoms with Crippen molar-refractivity contribution in [2.45, 2.75) is 25.9 Å². The highest BCUT2D eigenvalue weighted by Gasteiger charge is 2.27. The maximum atomic E-state index is 12.7. The highest BCUT2D eigenvalue weighted by molar-refractivity contribution is 5.97. The van der Waals surface area contributed by atoms with Gasteiger partial charge in [-0.2, -0.15) is 0 Å². The Hall–Kier alpha value is -1.37. The zero-order valence-electron chi connectivity index (χ0n) is 13.2. The minimum atomic E-state index is -0.511. The minimum Gasteiger partial charge on any atom is -0.390 e. The van der Waals surface area contributed by atoms with E-state index in [0.29, 0.717) is 19.6 Å². The summed E-state index contributed by atoms with van der Waals surface area (Å²) in [6, 6.07) is 0. The molecule has 1 aromatic heterocycles. The fourth-order valence-corrected chi connectivity index (χ4v) is 3.35. The Labute approximate surface area is 131 Å². The largest absolute Gasteiger partial charge is 0.390 e. The number of rotatable bonds is 4. The van der Waals surface area contributed by atoms with E-state index in [1.807, 2.05) is 13.1 Å². The molecule has 2 aliphatic heterocycles. The van der Waals surface area contributed by atoms with Gasteiger partial charge in [-0.25, -0.2) is 0 Å². The smallest absolute Gasteiger partial charge is 0.256 e. The molecule has 2 aliphatic rings. The topological polar surface area (TPSA) is 68.8 Å². The fourth-order valence-electron chi connectivity index (χ4n) is 3.35. The number of carbonyl (C=O) groups excluding carboxylic acids is 1. The summed E-state index contributed by atoms with van der Waals surface area (Å²) >= 11 is 0. The Bertz CT molecular complexity index is 523. The summed E-state index contributed by atoms with van der Waals surface area (Å²) < 4.78 is 5.32. The van der Waals surface area contributed by atoms with Crippen molar-refractivity contribution in [3.05, 3.63) is 23.0 Å². The zero-order chi connectivity index (χ0) is 15.5. The van der Waals surface area contributed by atoms with Crippen LogP contribution in [0.5, 0.6) is 0 Å². The Morgan fingerprint density at radius 3 is 2.86 bits per heavy atom. The van der Waals surface area contributed by atoms with E-state index in [2.05, 4.69) is 9.88 Å². The second kappa shape index (κ2) is 6.81. The predicted molar refractivity (Wildman–Crippen MR) is 83.0 cm³/mol. The number of β-amino-alcohol motifs (C(OH)–C–C–N with tert-alkyl or cyclic N) is 1. The first-order valence-corrected chi connectivity index (χ1v) is 8.09. The van der Waals surface area contributed by atoms with Crippen molar-refractivity contribution in [2.24, 2.45) is 0 Å². The molecule has 0 unspecified atom stereocenters. The van der Waals surface area contributed by atoms with E-state index in [-0.39, 0.29) is 5.91 Å². The predicted octanol–water partition coefficient (Wildman–Crippen LogP) is 0.405. The molecule has 2 N–H and O–H groups in total. The van der Waals surface area contributed by atoms with Crippen molar-refractivity contribution in [1.82, 2.24) is 14.8 Å². The molecule has 122 valence electrons. The third-order valence-corrected chi connectivity index (χ3v) is 4.52. The maximum absolute atomic E-state index is 12.7. The lowest BCUT2D eigenvalue weighted by molar-refractivity contribution is 0.00720. The molecule has 0 bridgehead atoms. The number of nitrogens with zero attached hydrogens (tertiary/aromatic N) is 2. The van der Waals surface area contributed by atoms with E-state index < -0.39 is 6.10 Å². The maximum Gasteiger partial charge on any atom is 0.256 e. The van der Waals surface area contributed by atoms with E-state index in [1.54, 1.807) is 4.90 Å². The number of aryl methyl sites for hydroxylation is 2. The number of aliphatic hydroxyl groups excluding tert-OH is 1. The summed E-state index contributed by atoms with van der Waals surface area (Å²) in [5.74, 6) is 0.0484. The molecule has 0 spiro atoms. The molecule has 0 saturated carbocycles. The minimum absolute atomic E-state index is 0.0484. The van der Waals surface area contributed by atoms with Gasteiger partial charge in [0.1, 0.15) is 0 Å². The summed E-state index contributed by atoms with van der Waals surface area (Å²) in [6.07, 6.45) is 3.22. The number of carbonyl (C=O) groups is 1. The Morgan fingerprint density at radius 2 is 2.09 bits per heavy atom. The van der Waals surface area contributed by atoms with E-state index >= 15 is 0 Å². The van der Waals surface area contributed by atoms with E-state index in [4.69, 9.17) is 4.74 Å². The van der Waals surface area contributed by atoms with Gasteiger partial charge in [0.05, 0.1) is 24.9 Å². The summed E-state index contributed by atoms with van der Waals surface area (Å²) in [5.41, 5.74) is 2.83. The van der Waals surface area contributed by atoms with Crippen LogP contribution in [0.25, 0.3) is 0 Å². The Morgan fingerprint density at radius 1 is 1.32 bits per heavy atom. The van der Waals surface area contributed by atoms with Crippen LogP contribution in [0.15, 0.2) is 6.20 Å². The van der Waals surface area contributed by atoms with Crippen LogP contribution in [-0.4, -0.2) is 77.8 Å². The van der Waals surface area contributed by atoms with Gasteiger partial charge in [0.15, 0.2) is 0 Å². The van der Waals surface area contributed by atoms with Gasteiger partial charge in [0.2, 0.25) is 0 Å². The number of aromatic amines is 1. The standard InChI is InChI=1S/C16H25N3O3/c1-12-9-17-14-3-2-4-19(16(21)15(12)14)11-13(20)10-18-5-7-22-8-6-18/h9,13,17,20H,2-8,10-11H2,1H3/t13-/m0/s1. The number of H-pyrrole nitrogens is 1. The van der Waals surface area contributed by atoms with E-state index in [1.165, 1.54) is 0 Å². The van der Waals surface area contributed by atoms with Crippen LogP contribution in [-0.2, 0) is 11.2 Å². The molecule has 0 radical (unpaired) electrons. The van der Waals surface area contributed by atoms with Crippen LogP contribution in [0.4, 0.5) is 0 Å². The van der Waals surface area contributed by atoms with Crippen LogP contribution in [0.1, 0.15) is 28.0 Å². The van der Waals surface area contributed by atoms with Crippen molar-refractivity contribution in [3.8, 4) is 0 Å². The molecule has 6 nitrogen and oxygen atoms in total. The third-order valence-electron chi connectivity index (χ3n) is 4.52. The van der Waals surface area contributed by atoms with Gasteiger partial charge in [-0.1, -0.05) is 0 Å². The number of nitrogens with one attached hydrogen (secondary N) is 1. The van der Waals surface area contributed by atoms with Crippen molar-refractivity contribution in [2.75, 3.05) is 45.9 Å². The SMILES string of the molecule is Cc1c[nH]c2c1C(=O)N(C[C@@H](O)CN1CCOCC1)CCC2. The summed E-state index contributed by atoms with van der Waals surface area (Å²) in [6.45, 7) is 6.83. The van der Waals surface area contributed by atoms with Gasteiger partial charge >= 0.3 is 0 Å². The van der Waals surface area contributed by atoms with Crippen LogP contribution in [0.3, 0.4) is 0 Å². The Balaban J connectivity index is 1.61. The van der Waals surface area contributed by atoms with E-state index in [9.17, 15) is 9.90 Å². The molecule has 0 aliphatic carbocycles. The molecule has 3 rings (SSSR count). The normalized spacial score (nSPS) is 21.5. The monoisotopic (exact) mass is 307 g/mol. The second-order valence-electron chi connectivity index (χ2n) is 6.25. The molecule has 3 heterocycles.